The fourth-order valence-electron chi connectivity index (χ4n) is 0.411. The number of rotatable bonds is 2. The molecular weight excluding hydrogens is 177 g/mol. The number of quaternary nitrogens is 1. The molecule has 0 aliphatic rings. The first-order valence-electron chi connectivity index (χ1n) is 2.66. The van der Waals surface area contributed by atoms with Crippen LogP contribution < -0.4 is 0 Å². The number of hydrogen-bond donors (Lipinski definition) is 1. The summed E-state index contributed by atoms with van der Waals surface area (Å²) in [5, 5.41) is 8.47. The van der Waals surface area contributed by atoms with E-state index in [0.29, 0.717) is 11.0 Å². The van der Waals surface area contributed by atoms with Crippen molar-refractivity contribution in [2.75, 3.05) is 27.2 Å². The van der Waals surface area contributed by atoms with Crippen LogP contribution in [0.1, 0.15) is 0 Å². The molecule has 5 heteroatoms. The number of aliphatic hydroxyl groups is 1. The van der Waals surface area contributed by atoms with E-state index in [4.69, 9.17) is 5.11 Å². The molecule has 0 saturated heterocycles. The summed E-state index contributed by atoms with van der Waals surface area (Å²) in [6.45, 7) is 0.644. The van der Waals surface area contributed by atoms with Crippen molar-refractivity contribution in [1.82, 2.24) is 0 Å². The van der Waals surface area contributed by atoms with Gasteiger partial charge in [-0.2, -0.15) is 0 Å². The van der Waals surface area contributed by atoms with E-state index in [-0.39, 0.29) is 52.3 Å². The van der Waals surface area contributed by atoms with Crippen molar-refractivity contribution in [3.63, 3.8) is 0 Å². The molecule has 10 heavy (non-hydrogen) atoms. The summed E-state index contributed by atoms with van der Waals surface area (Å²) in [6, 6.07) is 0. The normalized spacial score (nSPS) is 9.50. The van der Waals surface area contributed by atoms with Gasteiger partial charge in [0.25, 0.3) is 0 Å². The molecule has 0 aromatic rings. The zero-order valence-corrected chi connectivity index (χ0v) is 9.47. The Kier molecular flexibility index (Phi) is 9.46. The van der Waals surface area contributed by atoms with Gasteiger partial charge in [-0.05, 0) is 0 Å². The Bertz CT molecular complexity index is 175. The van der Waals surface area contributed by atoms with Gasteiger partial charge in [-0.1, -0.05) is 0 Å². The Morgan fingerprint density at radius 3 is 2.40 bits per heavy atom. The minimum atomic E-state index is -0.105. The molecule has 0 atom stereocenters. The third-order valence-electron chi connectivity index (χ3n) is 0.971. The summed E-state index contributed by atoms with van der Waals surface area (Å²) in [6.07, 6.45) is 0. The molecule has 0 bridgehead atoms. The van der Waals surface area contributed by atoms with Gasteiger partial charge < -0.3 is 0 Å². The van der Waals surface area contributed by atoms with Crippen molar-refractivity contribution < 1.29 is 14.2 Å². The van der Waals surface area contributed by atoms with E-state index in [0.717, 1.165) is 0 Å². The molecule has 52 valence electrons. The molecule has 3 nitrogen and oxygen atoms in total. The monoisotopic (exact) mass is 188 g/mol. The number of likely N-dealkylation sites (N-methyl/N-ethyl adjacent to an activating group) is 1. The van der Waals surface area contributed by atoms with Gasteiger partial charge in [0.1, 0.15) is 0 Å². The zero-order chi connectivity index (χ0) is 7.33. The van der Waals surface area contributed by atoms with Crippen molar-refractivity contribution in [1.29, 1.82) is 0 Å². The number of hydrogen-bond acceptors (Lipinski definition) is 2. The first kappa shape index (κ1) is 13.8. The van der Waals surface area contributed by atoms with E-state index in [1.165, 1.54) is 0 Å². The molecule has 0 saturated carbocycles. The van der Waals surface area contributed by atoms with Crippen LogP contribution in [-0.4, -0.2) is 74.6 Å². The van der Waals surface area contributed by atoms with Crippen LogP contribution >= 0.6 is 7.92 Å². The van der Waals surface area contributed by atoms with Crippen molar-refractivity contribution in [2.45, 2.75) is 0 Å². The molecule has 0 amide bonds. The average molecular weight is 188 g/mol. The molecule has 0 spiro atoms. The standard InChI is InChI=1S/C5H11NO2P.Ca/c1-6(2,3-4-7)5-9-8;/h7H,3-4H2,1-2H3;/q+1;+2. The molecule has 0 aliphatic carbocycles. The molecule has 0 rings (SSSR count). The third-order valence-corrected chi connectivity index (χ3v) is 1.59. The van der Waals surface area contributed by atoms with Crippen LogP contribution in [0.25, 0.3) is 0 Å². The third kappa shape index (κ3) is 7.30. The summed E-state index contributed by atoms with van der Waals surface area (Å²) in [5.74, 6) is 2.62. The predicted octanol–water partition coefficient (Wildman–Crippen LogP) is -0.117. The summed E-state index contributed by atoms with van der Waals surface area (Å²) < 4.78 is 10.3. The fraction of sp³-hybridized carbons (Fsp3) is 0.800. The first-order chi connectivity index (χ1) is 4.12. The summed E-state index contributed by atoms with van der Waals surface area (Å²) >= 11 is 0. The van der Waals surface area contributed by atoms with E-state index >= 15 is 0 Å². The van der Waals surface area contributed by atoms with E-state index in [1.807, 2.05) is 14.1 Å². The molecule has 1 N–H and O–H groups in total. The predicted molar refractivity (Wildman–Crippen MR) is 41.3 cm³/mol. The Morgan fingerprint density at radius 1 is 1.60 bits per heavy atom. The Hall–Kier alpha value is 1.19. The van der Waals surface area contributed by atoms with Gasteiger partial charge in [-0.3, -0.25) is 0 Å². The van der Waals surface area contributed by atoms with E-state index in [2.05, 4.69) is 5.75 Å². The summed E-state index contributed by atoms with van der Waals surface area (Å²) in [4.78, 5) is 0. The van der Waals surface area contributed by atoms with Gasteiger partial charge in [0.15, 0.2) is 0 Å². The van der Waals surface area contributed by atoms with Gasteiger partial charge in [0, 0.05) is 0 Å². The molecule has 0 unspecified atom stereocenters. The van der Waals surface area contributed by atoms with Gasteiger partial charge in [-0.15, -0.1) is 0 Å². The van der Waals surface area contributed by atoms with Crippen LogP contribution in [-0.2, 0) is 4.57 Å². The second-order valence-corrected chi connectivity index (χ2v) is 2.71. The molecule has 0 aromatic carbocycles. The van der Waals surface area contributed by atoms with Crippen molar-refractivity contribution in [2.24, 2.45) is 0 Å². The van der Waals surface area contributed by atoms with E-state index in [1.54, 1.807) is 0 Å². The largest absolute Gasteiger partial charge is 2.00 e. The minimum absolute atomic E-state index is 0. The van der Waals surface area contributed by atoms with Crippen LogP contribution in [0.4, 0.5) is 0 Å². The number of nitrogens with zero attached hydrogens (tertiary/aromatic N) is 1. The second kappa shape index (κ2) is 6.87. The molecule has 0 fully saturated rings. The molecule has 0 aliphatic heterocycles. The van der Waals surface area contributed by atoms with Gasteiger partial charge in [-0.25, -0.2) is 0 Å². The van der Waals surface area contributed by atoms with Crippen molar-refractivity contribution in [3.8, 4) is 5.75 Å². The van der Waals surface area contributed by atoms with Crippen LogP contribution in [0.15, 0.2) is 0 Å². The van der Waals surface area contributed by atoms with Crippen molar-refractivity contribution >= 4 is 45.7 Å². The van der Waals surface area contributed by atoms with E-state index < -0.39 is 0 Å². The smallest absolute Gasteiger partial charge is 2.00 e. The minimum Gasteiger partial charge on any atom is 2.00 e. The second-order valence-electron chi connectivity index (χ2n) is 2.32. The molecule has 0 radical (unpaired) electrons. The fourth-order valence-corrected chi connectivity index (χ4v) is 0.732. The first-order valence-corrected chi connectivity index (χ1v) is 3.47. The maximum absolute atomic E-state index is 9.98. The zero-order valence-electron chi connectivity index (χ0n) is 6.37. The van der Waals surface area contributed by atoms with Gasteiger partial charge >= 0.3 is 92.8 Å². The Morgan fingerprint density at radius 2 is 2.10 bits per heavy atom. The van der Waals surface area contributed by atoms with Crippen LogP contribution in [0.2, 0.25) is 0 Å². The average Bonchev–Trinajstić information content (AvgIpc) is 1.64. The van der Waals surface area contributed by atoms with Gasteiger partial charge in [0.05, 0.1) is 0 Å². The Labute approximate surface area is 92.1 Å². The molecule has 0 heterocycles. The van der Waals surface area contributed by atoms with Crippen molar-refractivity contribution in [3.05, 3.63) is 0 Å². The molecular formula is C5H11CaNO2P+3. The van der Waals surface area contributed by atoms with Crippen LogP contribution in [0.3, 0.4) is 0 Å². The number of aliphatic hydroxyl groups excluding tert-OH is 1. The summed E-state index contributed by atoms with van der Waals surface area (Å²) in [5.41, 5.74) is 0. The maximum atomic E-state index is 9.98. The van der Waals surface area contributed by atoms with Gasteiger partial charge in [0.2, 0.25) is 0 Å². The topological polar surface area (TPSA) is 37.3 Å². The van der Waals surface area contributed by atoms with Crippen LogP contribution in [0.5, 0.6) is 0 Å². The van der Waals surface area contributed by atoms with E-state index in [9.17, 15) is 4.57 Å². The molecule has 0 aromatic heterocycles. The summed E-state index contributed by atoms with van der Waals surface area (Å²) in [7, 11) is 3.54. The SMILES string of the molecule is C[N+](C)(C#P=O)CCO.[Ca+2]. The van der Waals surface area contributed by atoms with Crippen LogP contribution in [0, 0.1) is 5.75 Å². The maximum Gasteiger partial charge on any atom is 2.00 e. The quantitative estimate of drug-likeness (QED) is 0.373. The Balaban J connectivity index is 0.